The molecule has 1 aliphatic heterocycles. The van der Waals surface area contributed by atoms with Gasteiger partial charge in [0.1, 0.15) is 23.6 Å². The Bertz CT molecular complexity index is 692. The Hall–Kier alpha value is -1.97. The Morgan fingerprint density at radius 3 is 2.74 bits per heavy atom. The summed E-state index contributed by atoms with van der Waals surface area (Å²) in [5.41, 5.74) is 0.803. The van der Waals surface area contributed by atoms with Gasteiger partial charge in [0.05, 0.1) is 19.4 Å². The maximum Gasteiger partial charge on any atom is 0.232 e. The summed E-state index contributed by atoms with van der Waals surface area (Å²) in [5, 5.41) is 2.64. The summed E-state index contributed by atoms with van der Waals surface area (Å²) in [6.07, 6.45) is -0.745. The van der Waals surface area contributed by atoms with Gasteiger partial charge in [0.15, 0.2) is 6.29 Å². The van der Waals surface area contributed by atoms with Gasteiger partial charge in [-0.15, -0.1) is 0 Å². The molecule has 9 heteroatoms. The molecule has 1 aromatic rings. The Morgan fingerprint density at radius 2 is 2.07 bits per heavy atom. The Morgan fingerprint density at radius 1 is 1.33 bits per heavy atom. The first-order valence-electron chi connectivity index (χ1n) is 8.53. The highest BCUT2D eigenvalue weighted by Crippen LogP contribution is 2.21. The van der Waals surface area contributed by atoms with Crippen molar-refractivity contribution in [3.63, 3.8) is 0 Å². The molecule has 0 spiro atoms. The number of aliphatic imine (C=N–C) groups is 1. The number of rotatable bonds is 10. The predicted molar refractivity (Wildman–Crippen MR) is 103 cm³/mol. The zero-order valence-electron chi connectivity index (χ0n) is 16.0. The van der Waals surface area contributed by atoms with Gasteiger partial charge in [0.25, 0.3) is 0 Å². The molecule has 0 aromatic heterocycles. The lowest BCUT2D eigenvalue weighted by atomic mass is 10.2. The van der Waals surface area contributed by atoms with Crippen molar-refractivity contribution < 1.29 is 28.0 Å². The number of carbonyl (C=O) groups is 1. The average molecular weight is 398 g/mol. The van der Waals surface area contributed by atoms with E-state index in [-0.39, 0.29) is 36.1 Å². The maximum atomic E-state index is 12.3. The van der Waals surface area contributed by atoms with E-state index in [4.69, 9.17) is 18.9 Å². The third-order valence-corrected chi connectivity index (χ3v) is 5.38. The first-order valence-corrected chi connectivity index (χ1v) is 10.0. The van der Waals surface area contributed by atoms with Crippen LogP contribution in [0.1, 0.15) is 12.5 Å². The summed E-state index contributed by atoms with van der Waals surface area (Å²) >= 11 is 0. The quantitative estimate of drug-likeness (QED) is 0.584. The molecule has 0 saturated heterocycles. The summed E-state index contributed by atoms with van der Waals surface area (Å²) < 4.78 is 33.3. The van der Waals surface area contributed by atoms with Crippen molar-refractivity contribution in [2.24, 2.45) is 4.99 Å². The van der Waals surface area contributed by atoms with Crippen LogP contribution in [0.25, 0.3) is 0 Å². The molecule has 1 heterocycles. The van der Waals surface area contributed by atoms with Crippen LogP contribution in [-0.4, -0.2) is 73.8 Å². The second-order valence-electron chi connectivity index (χ2n) is 6.01. The molecule has 0 radical (unpaired) electrons. The van der Waals surface area contributed by atoms with Crippen LogP contribution in [0, 0.1) is 0 Å². The first kappa shape index (κ1) is 21.3. The molecule has 1 amide bonds. The lowest BCUT2D eigenvalue weighted by molar-refractivity contribution is -0.125. The minimum Gasteiger partial charge on any atom is -0.497 e. The second kappa shape index (κ2) is 10.4. The Balaban J connectivity index is 1.89. The zero-order chi connectivity index (χ0) is 19.8. The molecular formula is C18H26N2O6S. The van der Waals surface area contributed by atoms with Gasteiger partial charge in [-0.1, -0.05) is 6.07 Å². The van der Waals surface area contributed by atoms with E-state index in [1.807, 2.05) is 31.2 Å². The lowest BCUT2D eigenvalue weighted by Gasteiger charge is -2.14. The van der Waals surface area contributed by atoms with Gasteiger partial charge in [0, 0.05) is 30.6 Å². The molecule has 3 unspecified atom stereocenters. The van der Waals surface area contributed by atoms with Gasteiger partial charge in [-0.2, -0.15) is 0 Å². The summed E-state index contributed by atoms with van der Waals surface area (Å²) in [6.45, 7) is 2.07. The number of carbonyl (C=O) groups excluding carboxylic acids is 1. The van der Waals surface area contributed by atoms with Crippen LogP contribution in [0.2, 0.25) is 0 Å². The van der Waals surface area contributed by atoms with Crippen LogP contribution in [0.3, 0.4) is 0 Å². The van der Waals surface area contributed by atoms with E-state index in [0.717, 1.165) is 5.56 Å². The van der Waals surface area contributed by atoms with Gasteiger partial charge < -0.3 is 24.3 Å². The topological polar surface area (TPSA) is 95.5 Å². The molecule has 8 nitrogen and oxygen atoms in total. The summed E-state index contributed by atoms with van der Waals surface area (Å²) in [7, 11) is 3.20. The molecule has 2 rings (SSSR count). The lowest BCUT2D eigenvalue weighted by Crippen LogP contribution is -2.37. The van der Waals surface area contributed by atoms with Gasteiger partial charge in [0.2, 0.25) is 11.8 Å². The van der Waals surface area contributed by atoms with Crippen molar-refractivity contribution in [2.75, 3.05) is 39.4 Å². The Kier molecular flexibility index (Phi) is 8.21. The third-order valence-electron chi connectivity index (χ3n) is 4.08. The van der Waals surface area contributed by atoms with Gasteiger partial charge in [-0.3, -0.25) is 9.00 Å². The minimum absolute atomic E-state index is 0.104. The molecule has 1 N–H and O–H groups in total. The van der Waals surface area contributed by atoms with Crippen molar-refractivity contribution in [1.29, 1.82) is 0 Å². The number of benzene rings is 1. The van der Waals surface area contributed by atoms with E-state index >= 15 is 0 Å². The van der Waals surface area contributed by atoms with Crippen LogP contribution in [0.4, 0.5) is 0 Å². The number of hydrogen-bond acceptors (Lipinski definition) is 7. The minimum atomic E-state index is -1.36. The number of methoxy groups -OCH3 is 3. The zero-order valence-corrected chi connectivity index (χ0v) is 16.8. The molecule has 0 fully saturated rings. The number of nitrogens with one attached hydrogen (secondary N) is 1. The van der Waals surface area contributed by atoms with E-state index in [9.17, 15) is 9.00 Å². The summed E-state index contributed by atoms with van der Waals surface area (Å²) in [5.74, 6) is 1.03. The van der Waals surface area contributed by atoms with Crippen molar-refractivity contribution in [1.82, 2.24) is 5.32 Å². The standard InChI is InChI=1S/C18H26N2O6S/c1-12-15(10-27(22)11-16(21)19-9-17(24-3)25-4)20-18(26-12)13-6-5-7-14(8-13)23-2/h5-8,12,15,17H,9-11H2,1-4H3,(H,19,21). The number of nitrogens with zero attached hydrogens (tertiary/aromatic N) is 1. The van der Waals surface area contributed by atoms with Crippen molar-refractivity contribution >= 4 is 22.6 Å². The molecule has 1 aliphatic rings. The largest absolute Gasteiger partial charge is 0.497 e. The van der Waals surface area contributed by atoms with Gasteiger partial charge >= 0.3 is 0 Å². The smallest absolute Gasteiger partial charge is 0.232 e. The van der Waals surface area contributed by atoms with E-state index < -0.39 is 17.1 Å². The van der Waals surface area contributed by atoms with Gasteiger partial charge in [-0.25, -0.2) is 4.99 Å². The predicted octanol–water partition coefficient (Wildman–Crippen LogP) is 0.713. The van der Waals surface area contributed by atoms with E-state index in [2.05, 4.69) is 10.3 Å². The van der Waals surface area contributed by atoms with Gasteiger partial charge in [-0.05, 0) is 25.1 Å². The normalized spacial score (nSPS) is 20.1. The van der Waals surface area contributed by atoms with Crippen LogP contribution in [0.15, 0.2) is 29.3 Å². The van der Waals surface area contributed by atoms with Crippen molar-refractivity contribution in [3.05, 3.63) is 29.8 Å². The SMILES string of the molecule is COc1cccc(C2=NC(CS(=O)CC(=O)NCC(OC)OC)C(C)O2)c1. The van der Waals surface area contributed by atoms with Crippen molar-refractivity contribution in [3.8, 4) is 5.75 Å². The number of hydrogen-bond donors (Lipinski definition) is 1. The molecule has 0 bridgehead atoms. The average Bonchev–Trinajstić information content (AvgIpc) is 3.03. The summed E-state index contributed by atoms with van der Waals surface area (Å²) in [6, 6.07) is 7.13. The second-order valence-corrected chi connectivity index (χ2v) is 7.51. The van der Waals surface area contributed by atoms with Crippen LogP contribution in [-0.2, 0) is 29.8 Å². The fraction of sp³-hybridized carbons (Fsp3) is 0.556. The van der Waals surface area contributed by atoms with Crippen LogP contribution in [0.5, 0.6) is 5.75 Å². The fourth-order valence-corrected chi connectivity index (χ4v) is 3.76. The molecule has 0 aliphatic carbocycles. The fourth-order valence-electron chi connectivity index (χ4n) is 2.52. The van der Waals surface area contributed by atoms with E-state index in [1.165, 1.54) is 14.2 Å². The molecule has 150 valence electrons. The van der Waals surface area contributed by atoms with Crippen molar-refractivity contribution in [2.45, 2.75) is 25.4 Å². The maximum absolute atomic E-state index is 12.3. The Labute approximate surface area is 161 Å². The monoisotopic (exact) mass is 398 g/mol. The molecule has 3 atom stereocenters. The van der Waals surface area contributed by atoms with Crippen LogP contribution >= 0.6 is 0 Å². The first-order chi connectivity index (χ1) is 13.0. The van der Waals surface area contributed by atoms with E-state index in [0.29, 0.717) is 11.6 Å². The van der Waals surface area contributed by atoms with E-state index in [1.54, 1.807) is 7.11 Å². The number of amides is 1. The highest BCUT2D eigenvalue weighted by molar-refractivity contribution is 7.85. The molecule has 1 aromatic carbocycles. The third kappa shape index (κ3) is 6.30. The summed E-state index contributed by atoms with van der Waals surface area (Å²) in [4.78, 5) is 16.4. The van der Waals surface area contributed by atoms with Crippen LogP contribution < -0.4 is 10.1 Å². The highest BCUT2D eigenvalue weighted by Gasteiger charge is 2.30. The molecular weight excluding hydrogens is 372 g/mol. The number of ether oxygens (including phenoxy) is 4. The molecule has 27 heavy (non-hydrogen) atoms. The highest BCUT2D eigenvalue weighted by atomic mass is 32.2. The molecule has 0 saturated carbocycles.